The molecule has 0 aliphatic carbocycles. The second kappa shape index (κ2) is 9.56. The predicted octanol–water partition coefficient (Wildman–Crippen LogP) is 2.89. The third kappa shape index (κ3) is 5.57. The number of rotatable bonds is 5. The lowest BCUT2D eigenvalue weighted by Crippen LogP contribution is -2.51. The van der Waals surface area contributed by atoms with Crippen LogP contribution in [0.3, 0.4) is 0 Å². The number of piperazine rings is 1. The molecule has 0 spiro atoms. The SMILES string of the molecule is CC(=O)NC(CC(=O)N1CCN(C(=O)c2ccccc2)CC1)c1ccc(Cl)cc1. The first-order valence-corrected chi connectivity index (χ1v) is 9.96. The van der Waals surface area contributed by atoms with Crippen LogP contribution in [-0.4, -0.2) is 53.7 Å². The third-order valence-corrected chi connectivity index (χ3v) is 5.22. The van der Waals surface area contributed by atoms with Crippen molar-refractivity contribution < 1.29 is 14.4 Å². The lowest BCUT2D eigenvalue weighted by atomic mass is 10.0. The summed E-state index contributed by atoms with van der Waals surface area (Å²) >= 11 is 5.94. The van der Waals surface area contributed by atoms with Gasteiger partial charge < -0.3 is 15.1 Å². The summed E-state index contributed by atoms with van der Waals surface area (Å²) in [6.07, 6.45) is 0.161. The summed E-state index contributed by atoms with van der Waals surface area (Å²) in [6, 6.07) is 15.8. The lowest BCUT2D eigenvalue weighted by molar-refractivity contribution is -0.133. The number of hydrogen-bond acceptors (Lipinski definition) is 3. The van der Waals surface area contributed by atoms with E-state index in [1.165, 1.54) is 6.92 Å². The van der Waals surface area contributed by atoms with Crippen LogP contribution < -0.4 is 5.32 Å². The van der Waals surface area contributed by atoms with Crippen molar-refractivity contribution >= 4 is 29.3 Å². The maximum absolute atomic E-state index is 12.8. The zero-order valence-corrected chi connectivity index (χ0v) is 17.1. The summed E-state index contributed by atoms with van der Waals surface area (Å²) in [4.78, 5) is 40.5. The predicted molar refractivity (Wildman–Crippen MR) is 112 cm³/mol. The molecule has 1 aliphatic heterocycles. The van der Waals surface area contributed by atoms with E-state index in [9.17, 15) is 14.4 Å². The molecule has 1 atom stereocenters. The largest absolute Gasteiger partial charge is 0.349 e. The molecule has 1 aliphatic rings. The van der Waals surface area contributed by atoms with Gasteiger partial charge in [-0.15, -0.1) is 0 Å². The van der Waals surface area contributed by atoms with Crippen molar-refractivity contribution in [2.24, 2.45) is 0 Å². The number of carbonyl (C=O) groups is 3. The maximum Gasteiger partial charge on any atom is 0.253 e. The van der Waals surface area contributed by atoms with Gasteiger partial charge in [-0.3, -0.25) is 14.4 Å². The first-order valence-electron chi connectivity index (χ1n) is 9.58. The van der Waals surface area contributed by atoms with Crippen LogP contribution in [0.1, 0.15) is 35.3 Å². The van der Waals surface area contributed by atoms with Gasteiger partial charge in [-0.1, -0.05) is 41.9 Å². The van der Waals surface area contributed by atoms with E-state index in [-0.39, 0.29) is 24.1 Å². The van der Waals surface area contributed by atoms with Crippen molar-refractivity contribution in [2.75, 3.05) is 26.2 Å². The summed E-state index contributed by atoms with van der Waals surface area (Å²) < 4.78 is 0. The zero-order chi connectivity index (χ0) is 20.8. The molecule has 2 aromatic rings. The van der Waals surface area contributed by atoms with Gasteiger partial charge in [-0.05, 0) is 29.8 Å². The molecule has 3 rings (SSSR count). The minimum atomic E-state index is -0.416. The molecule has 1 heterocycles. The molecule has 0 radical (unpaired) electrons. The van der Waals surface area contributed by atoms with Crippen LogP contribution in [-0.2, 0) is 9.59 Å². The Balaban J connectivity index is 1.59. The van der Waals surface area contributed by atoms with Gasteiger partial charge in [-0.2, -0.15) is 0 Å². The standard InChI is InChI=1S/C22H24ClN3O3/c1-16(27)24-20(17-7-9-19(23)10-8-17)15-21(28)25-11-13-26(14-12-25)22(29)18-5-3-2-4-6-18/h2-10,20H,11-15H2,1H3,(H,24,27). The Morgan fingerprint density at radius 2 is 1.52 bits per heavy atom. The smallest absolute Gasteiger partial charge is 0.253 e. The molecule has 0 saturated carbocycles. The van der Waals surface area contributed by atoms with E-state index in [1.807, 2.05) is 30.3 Å². The van der Waals surface area contributed by atoms with Crippen LogP contribution in [0.2, 0.25) is 5.02 Å². The number of hydrogen-bond donors (Lipinski definition) is 1. The average Bonchev–Trinajstić information content (AvgIpc) is 2.73. The van der Waals surface area contributed by atoms with Crippen molar-refractivity contribution in [3.8, 4) is 0 Å². The van der Waals surface area contributed by atoms with Crippen molar-refractivity contribution in [3.05, 3.63) is 70.7 Å². The summed E-state index contributed by atoms with van der Waals surface area (Å²) in [5.41, 5.74) is 1.48. The van der Waals surface area contributed by atoms with Crippen molar-refractivity contribution in [1.82, 2.24) is 15.1 Å². The first-order chi connectivity index (χ1) is 13.9. The highest BCUT2D eigenvalue weighted by atomic mass is 35.5. The molecule has 6 nitrogen and oxygen atoms in total. The Kier molecular flexibility index (Phi) is 6.88. The molecule has 2 aromatic carbocycles. The molecule has 1 N–H and O–H groups in total. The van der Waals surface area contributed by atoms with E-state index in [0.29, 0.717) is 36.8 Å². The van der Waals surface area contributed by atoms with Gasteiger partial charge in [-0.25, -0.2) is 0 Å². The topological polar surface area (TPSA) is 69.7 Å². The summed E-state index contributed by atoms with van der Waals surface area (Å²) in [6.45, 7) is 3.37. The van der Waals surface area contributed by atoms with Gasteiger partial charge in [0.25, 0.3) is 5.91 Å². The van der Waals surface area contributed by atoms with Crippen molar-refractivity contribution in [3.63, 3.8) is 0 Å². The fraction of sp³-hybridized carbons (Fsp3) is 0.318. The summed E-state index contributed by atoms with van der Waals surface area (Å²) in [5, 5.41) is 3.44. The van der Waals surface area contributed by atoms with Crippen LogP contribution in [0.4, 0.5) is 0 Å². The number of benzene rings is 2. The lowest BCUT2D eigenvalue weighted by Gasteiger charge is -2.35. The van der Waals surface area contributed by atoms with E-state index >= 15 is 0 Å². The highest BCUT2D eigenvalue weighted by Crippen LogP contribution is 2.21. The van der Waals surface area contributed by atoms with Gasteiger partial charge in [0.05, 0.1) is 12.5 Å². The fourth-order valence-electron chi connectivity index (χ4n) is 3.42. The van der Waals surface area contributed by atoms with E-state index in [4.69, 9.17) is 11.6 Å². The second-order valence-electron chi connectivity index (χ2n) is 7.05. The van der Waals surface area contributed by atoms with Gasteiger partial charge in [0, 0.05) is 43.7 Å². The van der Waals surface area contributed by atoms with Gasteiger partial charge >= 0.3 is 0 Å². The van der Waals surface area contributed by atoms with Crippen LogP contribution in [0.5, 0.6) is 0 Å². The molecular weight excluding hydrogens is 390 g/mol. The number of amides is 3. The van der Waals surface area contributed by atoms with Gasteiger partial charge in [0.1, 0.15) is 0 Å². The second-order valence-corrected chi connectivity index (χ2v) is 7.48. The Morgan fingerprint density at radius 1 is 0.931 bits per heavy atom. The number of nitrogens with zero attached hydrogens (tertiary/aromatic N) is 2. The molecule has 0 aromatic heterocycles. The third-order valence-electron chi connectivity index (χ3n) is 4.97. The molecule has 152 valence electrons. The molecule has 1 saturated heterocycles. The summed E-state index contributed by atoms with van der Waals surface area (Å²) in [5.74, 6) is -0.267. The van der Waals surface area contributed by atoms with Crippen molar-refractivity contribution in [1.29, 1.82) is 0 Å². The Hall–Kier alpha value is -2.86. The Labute approximate surface area is 175 Å². The highest BCUT2D eigenvalue weighted by molar-refractivity contribution is 6.30. The van der Waals surface area contributed by atoms with E-state index in [0.717, 1.165) is 5.56 Å². The van der Waals surface area contributed by atoms with E-state index in [1.54, 1.807) is 34.1 Å². The van der Waals surface area contributed by atoms with Crippen LogP contribution >= 0.6 is 11.6 Å². The summed E-state index contributed by atoms with van der Waals surface area (Å²) in [7, 11) is 0. The van der Waals surface area contributed by atoms with Crippen molar-refractivity contribution in [2.45, 2.75) is 19.4 Å². The molecule has 1 unspecified atom stereocenters. The number of nitrogens with one attached hydrogen (secondary N) is 1. The normalized spacial score (nSPS) is 15.0. The fourth-order valence-corrected chi connectivity index (χ4v) is 3.54. The Bertz CT molecular complexity index is 863. The molecule has 1 fully saturated rings. The quantitative estimate of drug-likeness (QED) is 0.819. The number of carbonyl (C=O) groups excluding carboxylic acids is 3. The first kappa shape index (κ1) is 20.9. The average molecular weight is 414 g/mol. The van der Waals surface area contributed by atoms with Crippen LogP contribution in [0.25, 0.3) is 0 Å². The molecule has 0 bridgehead atoms. The van der Waals surface area contributed by atoms with Crippen LogP contribution in [0.15, 0.2) is 54.6 Å². The Morgan fingerprint density at radius 3 is 2.10 bits per heavy atom. The monoisotopic (exact) mass is 413 g/mol. The highest BCUT2D eigenvalue weighted by Gasteiger charge is 2.27. The minimum absolute atomic E-state index is 0.0185. The number of halogens is 1. The molecule has 3 amide bonds. The minimum Gasteiger partial charge on any atom is -0.349 e. The molecule has 7 heteroatoms. The zero-order valence-electron chi connectivity index (χ0n) is 16.3. The van der Waals surface area contributed by atoms with Gasteiger partial charge in [0.15, 0.2) is 0 Å². The maximum atomic E-state index is 12.8. The molecular formula is C22H24ClN3O3. The van der Waals surface area contributed by atoms with Crippen LogP contribution in [0, 0.1) is 0 Å². The van der Waals surface area contributed by atoms with Gasteiger partial charge in [0.2, 0.25) is 11.8 Å². The van der Waals surface area contributed by atoms with E-state index < -0.39 is 6.04 Å². The molecule has 29 heavy (non-hydrogen) atoms. The van der Waals surface area contributed by atoms with E-state index in [2.05, 4.69) is 5.32 Å².